The molecule has 0 atom stereocenters. The zero-order chi connectivity index (χ0) is 22.9. The van der Waals surface area contributed by atoms with Crippen molar-refractivity contribution in [2.24, 2.45) is 0 Å². The van der Waals surface area contributed by atoms with Crippen LogP contribution in [0.3, 0.4) is 0 Å². The minimum Gasteiger partial charge on any atom is -0.487 e. The molecule has 3 aromatic carbocycles. The maximum Gasteiger partial charge on any atom is 0.161 e. The van der Waals surface area contributed by atoms with E-state index in [-0.39, 0.29) is 13.2 Å². The minimum absolute atomic E-state index is 0.0413. The van der Waals surface area contributed by atoms with Crippen LogP contribution in [0, 0.1) is 0 Å². The van der Waals surface area contributed by atoms with E-state index in [1.807, 2.05) is 72.8 Å². The summed E-state index contributed by atoms with van der Waals surface area (Å²) in [6, 6.07) is 22.2. The Hall–Kier alpha value is -3.48. The highest BCUT2D eigenvalue weighted by molar-refractivity contribution is 5.48. The normalized spacial score (nSPS) is 16.5. The highest BCUT2D eigenvalue weighted by Gasteiger charge is 2.33. The van der Waals surface area contributed by atoms with Gasteiger partial charge in [0.15, 0.2) is 28.6 Å². The van der Waals surface area contributed by atoms with E-state index in [2.05, 4.69) is 6.58 Å². The lowest BCUT2D eigenvalue weighted by molar-refractivity contribution is -0.0463. The molecule has 172 valence electrons. The largest absolute Gasteiger partial charge is 0.487 e. The van der Waals surface area contributed by atoms with Gasteiger partial charge in [-0.25, -0.2) is 0 Å². The highest BCUT2D eigenvalue weighted by Crippen LogP contribution is 2.32. The van der Waals surface area contributed by atoms with Gasteiger partial charge in [-0.1, -0.05) is 61.2 Å². The van der Waals surface area contributed by atoms with Crippen molar-refractivity contribution in [1.82, 2.24) is 0 Å². The van der Waals surface area contributed by atoms with Crippen LogP contribution in [0.1, 0.15) is 11.1 Å². The van der Waals surface area contributed by atoms with Gasteiger partial charge in [0, 0.05) is 0 Å². The van der Waals surface area contributed by atoms with Crippen LogP contribution in [0.15, 0.2) is 79.4 Å². The van der Waals surface area contributed by atoms with Crippen molar-refractivity contribution in [3.8, 4) is 23.0 Å². The first-order chi connectivity index (χ1) is 16.2. The van der Waals surface area contributed by atoms with Gasteiger partial charge in [-0.05, 0) is 35.4 Å². The average Bonchev–Trinajstić information content (AvgIpc) is 2.86. The fourth-order valence-corrected chi connectivity index (χ4v) is 3.43. The highest BCUT2D eigenvalue weighted by atomic mass is 16.6. The lowest BCUT2D eigenvalue weighted by Crippen LogP contribution is -2.39. The van der Waals surface area contributed by atoms with E-state index in [9.17, 15) is 5.11 Å². The molecule has 0 saturated heterocycles. The molecule has 0 fully saturated rings. The van der Waals surface area contributed by atoms with E-state index >= 15 is 0 Å². The van der Waals surface area contributed by atoms with Gasteiger partial charge < -0.3 is 28.8 Å². The molecule has 0 amide bonds. The fourth-order valence-electron chi connectivity index (χ4n) is 3.43. The van der Waals surface area contributed by atoms with Gasteiger partial charge in [0.2, 0.25) is 0 Å². The van der Waals surface area contributed by atoms with E-state index in [1.165, 1.54) is 0 Å². The second kappa shape index (κ2) is 10.9. The summed E-state index contributed by atoms with van der Waals surface area (Å²) in [5.41, 5.74) is 0.191. The summed E-state index contributed by atoms with van der Waals surface area (Å²) in [6.45, 7) is 5.27. The van der Waals surface area contributed by atoms with Gasteiger partial charge in [-0.2, -0.15) is 0 Å². The predicted octanol–water partition coefficient (Wildman–Crippen LogP) is 4.46. The summed E-state index contributed by atoms with van der Waals surface area (Å²) in [6.07, 6.45) is 1.75. The van der Waals surface area contributed by atoms with Crippen LogP contribution in [0.4, 0.5) is 0 Å². The number of hydrogen-bond donors (Lipinski definition) is 1. The van der Waals surface area contributed by atoms with Gasteiger partial charge in [0.1, 0.15) is 26.4 Å². The van der Waals surface area contributed by atoms with Gasteiger partial charge >= 0.3 is 0 Å². The quantitative estimate of drug-likeness (QED) is 0.624. The molecule has 0 aliphatic carbocycles. The van der Waals surface area contributed by atoms with Crippen LogP contribution in [-0.2, 0) is 10.3 Å². The monoisotopic (exact) mass is 448 g/mol. The molecule has 0 saturated carbocycles. The number of ether oxygens (including phenoxy) is 5. The Morgan fingerprint density at radius 2 is 1.09 bits per heavy atom. The standard InChI is InChI=1S/C27H28O6/c1-2-21-11-13-22(14-12-21)27(28)19-32-25-9-5-3-7-23(25)30-17-15-29-16-18-31-24-8-4-6-10-26(24)33-20-27/h2-14,28H,1,15-20H2. The maximum absolute atomic E-state index is 11.7. The lowest BCUT2D eigenvalue weighted by Gasteiger charge is -2.29. The SMILES string of the molecule is C=Cc1ccc(C2(O)COc3ccccc3OCCOCCOc3ccccc3OC2)cc1. The van der Waals surface area contributed by atoms with Crippen molar-refractivity contribution < 1.29 is 28.8 Å². The molecule has 1 aliphatic heterocycles. The minimum atomic E-state index is -1.43. The molecule has 4 rings (SSSR count). The molecule has 6 nitrogen and oxygen atoms in total. The molecular formula is C27H28O6. The zero-order valence-electron chi connectivity index (χ0n) is 18.4. The number of fused-ring (bicyclic) bond motifs is 2. The van der Waals surface area contributed by atoms with Crippen LogP contribution >= 0.6 is 0 Å². The van der Waals surface area contributed by atoms with E-state index < -0.39 is 5.60 Å². The Morgan fingerprint density at radius 3 is 1.55 bits per heavy atom. The predicted molar refractivity (Wildman–Crippen MR) is 126 cm³/mol. The molecule has 0 radical (unpaired) electrons. The molecule has 0 spiro atoms. The van der Waals surface area contributed by atoms with Crippen molar-refractivity contribution in [3.63, 3.8) is 0 Å². The van der Waals surface area contributed by atoms with Crippen LogP contribution in [0.2, 0.25) is 0 Å². The van der Waals surface area contributed by atoms with Crippen molar-refractivity contribution in [2.75, 3.05) is 39.6 Å². The van der Waals surface area contributed by atoms with Crippen molar-refractivity contribution in [2.45, 2.75) is 5.60 Å². The third-order valence-corrected chi connectivity index (χ3v) is 5.29. The molecular weight excluding hydrogens is 420 g/mol. The topological polar surface area (TPSA) is 66.4 Å². The van der Waals surface area contributed by atoms with Gasteiger partial charge in [0.05, 0.1) is 13.2 Å². The van der Waals surface area contributed by atoms with E-state index in [0.717, 1.165) is 5.56 Å². The number of para-hydroxylation sites is 4. The summed E-state index contributed by atoms with van der Waals surface area (Å²) in [7, 11) is 0. The van der Waals surface area contributed by atoms with E-state index in [4.69, 9.17) is 23.7 Å². The third-order valence-electron chi connectivity index (χ3n) is 5.29. The zero-order valence-corrected chi connectivity index (χ0v) is 18.4. The Balaban J connectivity index is 1.64. The number of rotatable bonds is 2. The van der Waals surface area contributed by atoms with Gasteiger partial charge in [-0.15, -0.1) is 0 Å². The number of aliphatic hydroxyl groups is 1. The average molecular weight is 449 g/mol. The first kappa shape index (κ1) is 22.7. The molecule has 3 aromatic rings. The van der Waals surface area contributed by atoms with Crippen molar-refractivity contribution >= 4 is 6.08 Å². The van der Waals surface area contributed by atoms with Crippen LogP contribution in [-0.4, -0.2) is 44.7 Å². The Labute approximate surface area is 193 Å². The Morgan fingerprint density at radius 1 is 0.636 bits per heavy atom. The summed E-state index contributed by atoms with van der Waals surface area (Å²) < 4.78 is 29.4. The third kappa shape index (κ3) is 5.86. The molecule has 1 N–H and O–H groups in total. The second-order valence-electron chi connectivity index (χ2n) is 7.64. The number of benzene rings is 3. The van der Waals surface area contributed by atoms with Gasteiger partial charge in [0.25, 0.3) is 0 Å². The molecule has 1 heterocycles. The molecule has 0 aromatic heterocycles. The summed E-state index contributed by atoms with van der Waals surface area (Å²) in [4.78, 5) is 0. The Kier molecular flexibility index (Phi) is 7.50. The number of hydrogen-bond acceptors (Lipinski definition) is 6. The van der Waals surface area contributed by atoms with Crippen LogP contribution in [0.25, 0.3) is 6.08 Å². The maximum atomic E-state index is 11.7. The Bertz CT molecular complexity index is 991. The molecule has 0 unspecified atom stereocenters. The van der Waals surface area contributed by atoms with Crippen molar-refractivity contribution in [3.05, 3.63) is 90.5 Å². The fraction of sp³-hybridized carbons (Fsp3) is 0.259. The molecule has 1 aliphatic rings. The smallest absolute Gasteiger partial charge is 0.161 e. The van der Waals surface area contributed by atoms with Gasteiger partial charge in [-0.3, -0.25) is 0 Å². The van der Waals surface area contributed by atoms with Crippen LogP contribution < -0.4 is 18.9 Å². The van der Waals surface area contributed by atoms with Crippen molar-refractivity contribution in [1.29, 1.82) is 0 Å². The molecule has 0 bridgehead atoms. The molecule has 33 heavy (non-hydrogen) atoms. The van der Waals surface area contributed by atoms with E-state index in [0.29, 0.717) is 55.0 Å². The second-order valence-corrected chi connectivity index (χ2v) is 7.64. The summed E-state index contributed by atoms with van der Waals surface area (Å²) in [5.74, 6) is 2.24. The first-order valence-electron chi connectivity index (χ1n) is 10.9. The van der Waals surface area contributed by atoms with E-state index in [1.54, 1.807) is 6.08 Å². The lowest BCUT2D eigenvalue weighted by atomic mass is 9.94. The molecule has 6 heteroatoms. The summed E-state index contributed by atoms with van der Waals surface area (Å²) in [5, 5.41) is 11.7. The summed E-state index contributed by atoms with van der Waals surface area (Å²) >= 11 is 0. The van der Waals surface area contributed by atoms with Crippen LogP contribution in [0.5, 0.6) is 23.0 Å². The first-order valence-corrected chi connectivity index (χ1v) is 10.9.